The molecule has 1 N–H and O–H groups in total. The molecule has 1 heterocycles. The third-order valence-corrected chi connectivity index (χ3v) is 2.44. The lowest BCUT2D eigenvalue weighted by Crippen LogP contribution is -2.46. The van der Waals surface area contributed by atoms with E-state index in [-0.39, 0.29) is 24.0 Å². The molecular formula is C11H18N3O. The Kier molecular flexibility index (Phi) is 3.70. The van der Waals surface area contributed by atoms with Gasteiger partial charge in [-0.05, 0) is 33.6 Å². The highest BCUT2D eigenvalue weighted by Crippen LogP contribution is 2.16. The van der Waals surface area contributed by atoms with E-state index in [4.69, 9.17) is 5.26 Å². The van der Waals surface area contributed by atoms with Crippen molar-refractivity contribution < 1.29 is 4.79 Å². The van der Waals surface area contributed by atoms with Crippen molar-refractivity contribution in [1.29, 1.82) is 5.26 Å². The van der Waals surface area contributed by atoms with Gasteiger partial charge in [-0.3, -0.25) is 4.79 Å². The van der Waals surface area contributed by atoms with E-state index in [0.29, 0.717) is 6.54 Å². The topological polar surface area (TPSA) is 56.1 Å². The average Bonchev–Trinajstić information content (AvgIpc) is 2.60. The number of nitrogens with zero attached hydrogens (tertiary/aromatic N) is 2. The van der Waals surface area contributed by atoms with E-state index in [9.17, 15) is 4.79 Å². The van der Waals surface area contributed by atoms with Gasteiger partial charge >= 0.3 is 0 Å². The molecule has 1 unspecified atom stereocenters. The second kappa shape index (κ2) is 4.63. The molecule has 1 radical (unpaired) electrons. The van der Waals surface area contributed by atoms with Crippen molar-refractivity contribution in [2.45, 2.75) is 38.3 Å². The maximum absolute atomic E-state index is 11.7. The second-order valence-corrected chi connectivity index (χ2v) is 4.61. The van der Waals surface area contributed by atoms with Crippen LogP contribution < -0.4 is 5.32 Å². The van der Waals surface area contributed by atoms with Crippen LogP contribution in [0.15, 0.2) is 0 Å². The maximum atomic E-state index is 11.7. The zero-order valence-corrected chi connectivity index (χ0v) is 9.42. The fourth-order valence-electron chi connectivity index (χ4n) is 1.62. The molecule has 1 rings (SSSR count). The van der Waals surface area contributed by atoms with Gasteiger partial charge in [-0.1, -0.05) is 0 Å². The summed E-state index contributed by atoms with van der Waals surface area (Å²) in [5.41, 5.74) is -0.308. The molecule has 1 saturated heterocycles. The summed E-state index contributed by atoms with van der Waals surface area (Å²) in [7, 11) is 0. The predicted octanol–water partition coefficient (Wildman–Crippen LogP) is 0.703. The van der Waals surface area contributed by atoms with Crippen molar-refractivity contribution in [1.82, 2.24) is 10.2 Å². The molecular weight excluding hydrogens is 190 g/mol. The van der Waals surface area contributed by atoms with E-state index in [1.165, 1.54) is 0 Å². The van der Waals surface area contributed by atoms with Gasteiger partial charge in [0.2, 0.25) is 5.91 Å². The minimum absolute atomic E-state index is 0.00391. The quantitative estimate of drug-likeness (QED) is 0.743. The van der Waals surface area contributed by atoms with Gasteiger partial charge in [0.25, 0.3) is 0 Å². The van der Waals surface area contributed by atoms with Crippen LogP contribution in [0.1, 0.15) is 26.7 Å². The SMILES string of the molecule is [CH2]C(C)(C)NCC(=O)N1CCCC1C#N. The molecule has 0 aliphatic carbocycles. The number of likely N-dealkylation sites (tertiary alicyclic amines) is 1. The molecule has 4 heteroatoms. The van der Waals surface area contributed by atoms with E-state index >= 15 is 0 Å². The predicted molar refractivity (Wildman–Crippen MR) is 57.8 cm³/mol. The van der Waals surface area contributed by atoms with Gasteiger partial charge in [0.15, 0.2) is 0 Å². The van der Waals surface area contributed by atoms with Gasteiger partial charge in [-0.25, -0.2) is 0 Å². The standard InChI is InChI=1S/C11H18N3O/c1-11(2,3)13-8-10(15)14-6-4-5-9(14)7-12/h9,13H,1,4-6,8H2,2-3H3. The Morgan fingerprint density at radius 3 is 2.93 bits per heavy atom. The Balaban J connectivity index is 2.44. The molecule has 1 aliphatic heterocycles. The fraction of sp³-hybridized carbons (Fsp3) is 0.727. The van der Waals surface area contributed by atoms with E-state index < -0.39 is 0 Å². The normalized spacial score (nSPS) is 21.5. The van der Waals surface area contributed by atoms with Crippen LogP contribution >= 0.6 is 0 Å². The first kappa shape index (κ1) is 12.0. The number of nitriles is 1. The molecule has 1 amide bonds. The van der Waals surface area contributed by atoms with E-state index in [1.807, 2.05) is 13.8 Å². The van der Waals surface area contributed by atoms with Crippen molar-refractivity contribution in [2.24, 2.45) is 0 Å². The Hall–Kier alpha value is -1.08. The third kappa shape index (κ3) is 3.52. The zero-order valence-electron chi connectivity index (χ0n) is 9.42. The molecule has 4 nitrogen and oxygen atoms in total. The second-order valence-electron chi connectivity index (χ2n) is 4.61. The highest BCUT2D eigenvalue weighted by atomic mass is 16.2. The monoisotopic (exact) mass is 208 g/mol. The summed E-state index contributed by atoms with van der Waals surface area (Å²) < 4.78 is 0. The van der Waals surface area contributed by atoms with Crippen LogP contribution in [-0.4, -0.2) is 35.5 Å². The summed E-state index contributed by atoms with van der Waals surface area (Å²) in [5, 5.41) is 11.9. The number of amides is 1. The fourth-order valence-corrected chi connectivity index (χ4v) is 1.62. The molecule has 0 aromatic rings. The lowest BCUT2D eigenvalue weighted by molar-refractivity contribution is -0.130. The summed E-state index contributed by atoms with van der Waals surface area (Å²) >= 11 is 0. The number of carbonyl (C=O) groups excluding carboxylic acids is 1. The average molecular weight is 208 g/mol. The molecule has 0 aromatic carbocycles. The molecule has 1 atom stereocenters. The minimum Gasteiger partial charge on any atom is -0.326 e. The number of rotatable bonds is 3. The van der Waals surface area contributed by atoms with Crippen molar-refractivity contribution in [2.75, 3.05) is 13.1 Å². The lowest BCUT2D eigenvalue weighted by Gasteiger charge is -2.24. The van der Waals surface area contributed by atoms with Crippen LogP contribution in [0.3, 0.4) is 0 Å². The van der Waals surface area contributed by atoms with Crippen molar-refractivity contribution in [3.8, 4) is 6.07 Å². The Bertz CT molecular complexity index is 275. The first-order chi connectivity index (χ1) is 6.94. The number of hydrogen-bond donors (Lipinski definition) is 1. The number of hydrogen-bond acceptors (Lipinski definition) is 3. The highest BCUT2D eigenvalue weighted by molar-refractivity contribution is 5.79. The van der Waals surface area contributed by atoms with Gasteiger partial charge in [-0.15, -0.1) is 0 Å². The largest absolute Gasteiger partial charge is 0.326 e. The maximum Gasteiger partial charge on any atom is 0.237 e. The smallest absolute Gasteiger partial charge is 0.237 e. The van der Waals surface area contributed by atoms with Crippen LogP contribution in [0.2, 0.25) is 0 Å². The lowest BCUT2D eigenvalue weighted by atomic mass is 10.1. The van der Waals surface area contributed by atoms with E-state index in [0.717, 1.165) is 12.8 Å². The third-order valence-electron chi connectivity index (χ3n) is 2.44. The van der Waals surface area contributed by atoms with Crippen molar-refractivity contribution in [3.63, 3.8) is 0 Å². The molecule has 0 saturated carbocycles. The van der Waals surface area contributed by atoms with E-state index in [1.54, 1.807) is 4.90 Å². The molecule has 1 aliphatic rings. The summed E-state index contributed by atoms with van der Waals surface area (Å²) in [4.78, 5) is 13.4. The van der Waals surface area contributed by atoms with Gasteiger partial charge in [0.1, 0.15) is 6.04 Å². The number of carbonyl (C=O) groups is 1. The summed E-state index contributed by atoms with van der Waals surface area (Å²) in [6.07, 6.45) is 1.73. The molecule has 0 spiro atoms. The molecule has 1 fully saturated rings. The summed E-state index contributed by atoms with van der Waals surface area (Å²) in [5.74, 6) is -0.00391. The Morgan fingerprint density at radius 1 is 1.73 bits per heavy atom. The van der Waals surface area contributed by atoms with Crippen LogP contribution in [-0.2, 0) is 4.79 Å². The molecule has 0 bridgehead atoms. The highest BCUT2D eigenvalue weighted by Gasteiger charge is 2.28. The summed E-state index contributed by atoms with van der Waals surface area (Å²) in [6, 6.07) is 1.92. The van der Waals surface area contributed by atoms with Crippen molar-refractivity contribution in [3.05, 3.63) is 6.92 Å². The van der Waals surface area contributed by atoms with Crippen molar-refractivity contribution >= 4 is 5.91 Å². The molecule has 0 aromatic heterocycles. The first-order valence-electron chi connectivity index (χ1n) is 5.23. The van der Waals surface area contributed by atoms with E-state index in [2.05, 4.69) is 18.3 Å². The Morgan fingerprint density at radius 2 is 2.40 bits per heavy atom. The molecule has 15 heavy (non-hydrogen) atoms. The molecule has 83 valence electrons. The zero-order chi connectivity index (χ0) is 11.5. The first-order valence-corrected chi connectivity index (χ1v) is 5.23. The summed E-state index contributed by atoms with van der Waals surface area (Å²) in [6.45, 7) is 8.64. The van der Waals surface area contributed by atoms with Crippen LogP contribution in [0.25, 0.3) is 0 Å². The van der Waals surface area contributed by atoms with Gasteiger partial charge < -0.3 is 10.2 Å². The van der Waals surface area contributed by atoms with Gasteiger partial charge in [-0.2, -0.15) is 5.26 Å². The minimum atomic E-state index is -0.308. The number of nitrogens with one attached hydrogen (secondary N) is 1. The Labute approximate surface area is 91.2 Å². The van der Waals surface area contributed by atoms with Gasteiger partial charge in [0, 0.05) is 12.1 Å². The van der Waals surface area contributed by atoms with Crippen LogP contribution in [0.4, 0.5) is 0 Å². The van der Waals surface area contributed by atoms with Crippen LogP contribution in [0.5, 0.6) is 0 Å². The van der Waals surface area contributed by atoms with Crippen LogP contribution in [0, 0.1) is 18.3 Å². The van der Waals surface area contributed by atoms with Gasteiger partial charge in [0.05, 0.1) is 12.6 Å².